The molecule has 0 bridgehead atoms. The van der Waals surface area contributed by atoms with E-state index < -0.39 is 23.8 Å². The van der Waals surface area contributed by atoms with Gasteiger partial charge >= 0.3 is 5.97 Å². The normalized spacial score (nSPS) is 11.9. The quantitative estimate of drug-likeness (QED) is 0.549. The van der Waals surface area contributed by atoms with Gasteiger partial charge in [0.2, 0.25) is 5.91 Å². The number of primary amides is 1. The SMILES string of the molecule is CCOC(=O)/C=C/C[C@H](NC(=O)c1cccnc1)C(N)=O. The summed E-state index contributed by atoms with van der Waals surface area (Å²) in [5.41, 5.74) is 5.54. The maximum Gasteiger partial charge on any atom is 0.330 e. The predicted molar refractivity (Wildman–Crippen MR) is 75.1 cm³/mol. The highest BCUT2D eigenvalue weighted by Gasteiger charge is 2.17. The van der Waals surface area contributed by atoms with Gasteiger partial charge in [-0.25, -0.2) is 4.79 Å². The van der Waals surface area contributed by atoms with E-state index >= 15 is 0 Å². The summed E-state index contributed by atoms with van der Waals surface area (Å²) >= 11 is 0. The summed E-state index contributed by atoms with van der Waals surface area (Å²) in [7, 11) is 0. The highest BCUT2D eigenvalue weighted by molar-refractivity contribution is 5.97. The molecule has 0 aliphatic carbocycles. The number of aromatic nitrogens is 1. The number of carbonyl (C=O) groups is 3. The lowest BCUT2D eigenvalue weighted by Crippen LogP contribution is -2.44. The van der Waals surface area contributed by atoms with Gasteiger partial charge < -0.3 is 15.8 Å². The molecule has 1 aromatic rings. The molecule has 7 nitrogen and oxygen atoms in total. The Morgan fingerprint density at radius 3 is 2.81 bits per heavy atom. The third-order valence-electron chi connectivity index (χ3n) is 2.48. The number of hydrogen-bond acceptors (Lipinski definition) is 5. The summed E-state index contributed by atoms with van der Waals surface area (Å²) in [5, 5.41) is 2.48. The van der Waals surface area contributed by atoms with Gasteiger partial charge in [0.05, 0.1) is 12.2 Å². The summed E-state index contributed by atoms with van der Waals surface area (Å²) < 4.78 is 4.70. The summed E-state index contributed by atoms with van der Waals surface area (Å²) in [4.78, 5) is 38.1. The van der Waals surface area contributed by atoms with E-state index in [1.165, 1.54) is 24.5 Å². The zero-order chi connectivity index (χ0) is 15.7. The zero-order valence-electron chi connectivity index (χ0n) is 11.6. The van der Waals surface area contributed by atoms with Crippen molar-refractivity contribution in [2.45, 2.75) is 19.4 Å². The van der Waals surface area contributed by atoms with Gasteiger partial charge in [0.25, 0.3) is 5.91 Å². The second-order valence-electron chi connectivity index (χ2n) is 4.06. The van der Waals surface area contributed by atoms with E-state index in [1.807, 2.05) is 0 Å². The molecule has 1 heterocycles. The molecule has 0 unspecified atom stereocenters. The van der Waals surface area contributed by atoms with Crippen molar-refractivity contribution >= 4 is 17.8 Å². The maximum absolute atomic E-state index is 11.9. The van der Waals surface area contributed by atoms with E-state index in [0.717, 1.165) is 0 Å². The van der Waals surface area contributed by atoms with E-state index in [-0.39, 0.29) is 13.0 Å². The van der Waals surface area contributed by atoms with Crippen LogP contribution in [0.2, 0.25) is 0 Å². The van der Waals surface area contributed by atoms with Gasteiger partial charge in [-0.15, -0.1) is 0 Å². The fourth-order valence-electron chi connectivity index (χ4n) is 1.48. The van der Waals surface area contributed by atoms with Crippen LogP contribution in [0.4, 0.5) is 0 Å². The minimum absolute atomic E-state index is 0.0974. The number of rotatable bonds is 7. The minimum Gasteiger partial charge on any atom is -0.463 e. The molecule has 21 heavy (non-hydrogen) atoms. The van der Waals surface area contributed by atoms with Crippen LogP contribution in [-0.2, 0) is 14.3 Å². The molecule has 0 fully saturated rings. The Labute approximate surface area is 122 Å². The molecule has 0 radical (unpaired) electrons. The van der Waals surface area contributed by atoms with Crippen molar-refractivity contribution in [1.29, 1.82) is 0 Å². The lowest BCUT2D eigenvalue weighted by atomic mass is 10.1. The molecule has 0 aliphatic heterocycles. The number of pyridine rings is 1. The number of nitrogens with two attached hydrogens (primary N) is 1. The van der Waals surface area contributed by atoms with Gasteiger partial charge in [0.15, 0.2) is 0 Å². The van der Waals surface area contributed by atoms with Crippen molar-refractivity contribution in [1.82, 2.24) is 10.3 Å². The molecular formula is C14H17N3O4. The minimum atomic E-state index is -0.914. The van der Waals surface area contributed by atoms with Crippen molar-refractivity contribution < 1.29 is 19.1 Å². The van der Waals surface area contributed by atoms with Crippen LogP contribution in [0.1, 0.15) is 23.7 Å². The highest BCUT2D eigenvalue weighted by Crippen LogP contribution is 2.00. The highest BCUT2D eigenvalue weighted by atomic mass is 16.5. The first-order valence-electron chi connectivity index (χ1n) is 6.38. The largest absolute Gasteiger partial charge is 0.463 e. The van der Waals surface area contributed by atoms with Crippen LogP contribution in [0.15, 0.2) is 36.7 Å². The summed E-state index contributed by atoms with van der Waals surface area (Å²) in [5.74, 6) is -1.67. The number of nitrogens with zero attached hydrogens (tertiary/aromatic N) is 1. The van der Waals surface area contributed by atoms with E-state index in [0.29, 0.717) is 5.56 Å². The smallest absolute Gasteiger partial charge is 0.330 e. The predicted octanol–water partition coefficient (Wildman–Crippen LogP) is 0.175. The summed E-state index contributed by atoms with van der Waals surface area (Å²) in [6, 6.07) is 2.26. The van der Waals surface area contributed by atoms with Gasteiger partial charge in [0.1, 0.15) is 6.04 Å². The Bertz CT molecular complexity index is 528. The van der Waals surface area contributed by atoms with Crippen molar-refractivity contribution in [3.63, 3.8) is 0 Å². The topological polar surface area (TPSA) is 111 Å². The first kappa shape index (κ1) is 16.4. The number of carbonyl (C=O) groups excluding carboxylic acids is 3. The molecule has 0 aliphatic rings. The molecule has 7 heteroatoms. The number of nitrogens with one attached hydrogen (secondary N) is 1. The Kier molecular flexibility index (Phi) is 6.59. The molecular weight excluding hydrogens is 274 g/mol. The van der Waals surface area contributed by atoms with Crippen molar-refractivity contribution in [2.24, 2.45) is 5.73 Å². The number of esters is 1. The molecule has 1 rings (SSSR count). The van der Waals surface area contributed by atoms with Gasteiger partial charge in [-0.05, 0) is 25.5 Å². The Balaban J connectivity index is 2.60. The van der Waals surface area contributed by atoms with E-state index in [1.54, 1.807) is 19.1 Å². The molecule has 1 atom stereocenters. The van der Waals surface area contributed by atoms with Crippen LogP contribution in [0.25, 0.3) is 0 Å². The fourth-order valence-corrected chi connectivity index (χ4v) is 1.48. The van der Waals surface area contributed by atoms with Crippen LogP contribution < -0.4 is 11.1 Å². The lowest BCUT2D eigenvalue weighted by Gasteiger charge is -2.13. The fraction of sp³-hybridized carbons (Fsp3) is 0.286. The second-order valence-corrected chi connectivity index (χ2v) is 4.06. The van der Waals surface area contributed by atoms with Crippen LogP contribution in [-0.4, -0.2) is 35.4 Å². The monoisotopic (exact) mass is 291 g/mol. The van der Waals surface area contributed by atoms with Gasteiger partial charge in [-0.3, -0.25) is 14.6 Å². The second kappa shape index (κ2) is 8.47. The van der Waals surface area contributed by atoms with Gasteiger partial charge in [-0.1, -0.05) is 6.08 Å². The van der Waals surface area contributed by atoms with E-state index in [2.05, 4.69) is 10.3 Å². The van der Waals surface area contributed by atoms with Crippen molar-refractivity contribution in [2.75, 3.05) is 6.61 Å². The third-order valence-corrected chi connectivity index (χ3v) is 2.48. The van der Waals surface area contributed by atoms with E-state index in [4.69, 9.17) is 10.5 Å². The van der Waals surface area contributed by atoms with Gasteiger partial charge in [0, 0.05) is 18.5 Å². The van der Waals surface area contributed by atoms with Crippen LogP contribution in [0.3, 0.4) is 0 Å². The number of hydrogen-bond donors (Lipinski definition) is 2. The Hall–Kier alpha value is -2.70. The lowest BCUT2D eigenvalue weighted by molar-refractivity contribution is -0.137. The van der Waals surface area contributed by atoms with Crippen LogP contribution in [0, 0.1) is 0 Å². The first-order valence-corrected chi connectivity index (χ1v) is 6.38. The third kappa shape index (κ3) is 5.85. The summed E-state index contributed by atoms with van der Waals surface area (Å²) in [6.07, 6.45) is 5.62. The molecule has 0 saturated carbocycles. The van der Waals surface area contributed by atoms with E-state index in [9.17, 15) is 14.4 Å². The molecule has 2 amide bonds. The molecule has 3 N–H and O–H groups in total. The molecule has 1 aromatic heterocycles. The standard InChI is InChI=1S/C14H17N3O4/c1-2-21-12(18)7-3-6-11(13(15)19)17-14(20)10-5-4-8-16-9-10/h3-5,7-9,11H,2,6H2,1H3,(H2,15,19)(H,17,20)/b7-3+/t11-/m0/s1. The van der Waals surface area contributed by atoms with Gasteiger partial charge in [-0.2, -0.15) is 0 Å². The average Bonchev–Trinajstić information content (AvgIpc) is 2.47. The van der Waals surface area contributed by atoms with Crippen LogP contribution in [0.5, 0.6) is 0 Å². The van der Waals surface area contributed by atoms with Crippen LogP contribution >= 0.6 is 0 Å². The first-order chi connectivity index (χ1) is 10.0. The summed E-state index contributed by atoms with van der Waals surface area (Å²) in [6.45, 7) is 1.95. The maximum atomic E-state index is 11.9. The number of ether oxygens (including phenoxy) is 1. The average molecular weight is 291 g/mol. The zero-order valence-corrected chi connectivity index (χ0v) is 11.6. The Morgan fingerprint density at radius 1 is 1.48 bits per heavy atom. The van der Waals surface area contributed by atoms with Crippen molar-refractivity contribution in [3.8, 4) is 0 Å². The molecule has 0 saturated heterocycles. The Morgan fingerprint density at radius 2 is 2.24 bits per heavy atom. The molecule has 112 valence electrons. The van der Waals surface area contributed by atoms with Crippen molar-refractivity contribution in [3.05, 3.63) is 42.2 Å². The number of amides is 2. The molecule has 0 aromatic carbocycles. The molecule has 0 spiro atoms.